The molecule has 0 radical (unpaired) electrons. The van der Waals surface area contributed by atoms with Crippen LogP contribution in [0.1, 0.15) is 38.1 Å². The van der Waals surface area contributed by atoms with E-state index in [4.69, 9.17) is 11.6 Å². The van der Waals surface area contributed by atoms with Crippen LogP contribution in [-0.4, -0.2) is 46.8 Å². The van der Waals surface area contributed by atoms with E-state index in [9.17, 15) is 9.18 Å². The third kappa shape index (κ3) is 4.22. The number of anilines is 1. The number of aromatic nitrogens is 2. The number of nitrogens with zero attached hydrogens (tertiary/aromatic N) is 4. The topological polar surface area (TPSA) is 41.4 Å². The Morgan fingerprint density at radius 2 is 1.82 bits per heavy atom. The Bertz CT molecular complexity index is 867. The molecule has 1 amide bonds. The van der Waals surface area contributed by atoms with Crippen molar-refractivity contribution in [2.45, 2.75) is 33.2 Å². The minimum absolute atomic E-state index is 0.00993. The Kier molecular flexibility index (Phi) is 6.08. The first-order valence-electron chi connectivity index (χ1n) is 9.48. The van der Waals surface area contributed by atoms with Gasteiger partial charge in [-0.1, -0.05) is 32.0 Å². The Balaban J connectivity index is 1.67. The van der Waals surface area contributed by atoms with Crippen LogP contribution in [-0.2, 0) is 11.3 Å². The molecule has 1 aromatic carbocycles. The number of hydrogen-bond donors (Lipinski definition) is 0. The highest BCUT2D eigenvalue weighted by Crippen LogP contribution is 2.31. The molecule has 0 aliphatic carbocycles. The summed E-state index contributed by atoms with van der Waals surface area (Å²) in [7, 11) is 0. The average molecular weight is 405 g/mol. The van der Waals surface area contributed by atoms with Gasteiger partial charge >= 0.3 is 0 Å². The number of rotatable bonds is 5. The summed E-state index contributed by atoms with van der Waals surface area (Å²) in [6.07, 6.45) is 0. The van der Waals surface area contributed by atoms with Gasteiger partial charge in [0.05, 0.1) is 16.4 Å². The summed E-state index contributed by atoms with van der Waals surface area (Å²) < 4.78 is 14.8. The van der Waals surface area contributed by atoms with E-state index in [2.05, 4.69) is 16.6 Å². The van der Waals surface area contributed by atoms with E-state index in [0.717, 1.165) is 22.6 Å². The predicted molar refractivity (Wildman–Crippen MR) is 111 cm³/mol. The lowest BCUT2D eigenvalue weighted by Gasteiger charge is -2.36. The number of benzene rings is 1. The first-order valence-corrected chi connectivity index (χ1v) is 9.86. The van der Waals surface area contributed by atoms with Crippen molar-refractivity contribution in [1.82, 2.24) is 14.7 Å². The molecule has 0 saturated carbocycles. The second-order valence-corrected chi connectivity index (χ2v) is 7.86. The minimum atomic E-state index is -0.246. The third-order valence-electron chi connectivity index (χ3n) is 4.98. The van der Waals surface area contributed by atoms with Gasteiger partial charge in [0, 0.05) is 31.9 Å². The highest BCUT2D eigenvalue weighted by atomic mass is 35.5. The summed E-state index contributed by atoms with van der Waals surface area (Å²) in [6, 6.07) is 6.45. The van der Waals surface area contributed by atoms with E-state index in [1.54, 1.807) is 16.8 Å². The van der Waals surface area contributed by atoms with Gasteiger partial charge in [-0.05, 0) is 42.7 Å². The fraction of sp³-hybridized carbons (Fsp3) is 0.429. The van der Waals surface area contributed by atoms with Crippen LogP contribution in [0, 0.1) is 5.82 Å². The molecule has 3 rings (SSSR count). The van der Waals surface area contributed by atoms with Crippen LogP contribution in [0.2, 0.25) is 5.02 Å². The molecular weight excluding hydrogens is 379 g/mol. The van der Waals surface area contributed by atoms with Crippen molar-refractivity contribution in [2.24, 2.45) is 0 Å². The molecule has 28 heavy (non-hydrogen) atoms. The lowest BCUT2D eigenvalue weighted by atomic mass is 10.1. The van der Waals surface area contributed by atoms with E-state index in [1.807, 2.05) is 25.7 Å². The zero-order valence-corrected chi connectivity index (χ0v) is 17.3. The maximum absolute atomic E-state index is 13.1. The van der Waals surface area contributed by atoms with Crippen LogP contribution >= 0.6 is 11.6 Å². The molecule has 0 bridgehead atoms. The molecule has 7 heteroatoms. The number of allylic oxidation sites excluding steroid dienone is 1. The van der Waals surface area contributed by atoms with Crippen molar-refractivity contribution in [3.63, 3.8) is 0 Å². The summed E-state index contributed by atoms with van der Waals surface area (Å²) in [6.45, 7) is 12.7. The van der Waals surface area contributed by atoms with Crippen LogP contribution in [0.25, 0.3) is 5.57 Å². The zero-order chi connectivity index (χ0) is 20.4. The third-order valence-corrected chi connectivity index (χ3v) is 5.35. The average Bonchev–Trinajstić information content (AvgIpc) is 2.99. The molecule has 0 atom stereocenters. The summed E-state index contributed by atoms with van der Waals surface area (Å²) in [5.41, 5.74) is 3.27. The van der Waals surface area contributed by atoms with E-state index in [0.29, 0.717) is 31.2 Å². The molecule has 1 saturated heterocycles. The molecule has 150 valence electrons. The normalized spacial score (nSPS) is 14.6. The van der Waals surface area contributed by atoms with Crippen molar-refractivity contribution in [3.05, 3.63) is 53.1 Å². The quantitative estimate of drug-likeness (QED) is 0.750. The molecule has 1 aromatic heterocycles. The molecule has 0 unspecified atom stereocenters. The summed E-state index contributed by atoms with van der Waals surface area (Å²) in [5, 5.41) is 5.15. The predicted octanol–water partition coefficient (Wildman–Crippen LogP) is 4.18. The number of carbonyl (C=O) groups excluding carboxylic acids is 1. The van der Waals surface area contributed by atoms with Gasteiger partial charge in [0.25, 0.3) is 0 Å². The van der Waals surface area contributed by atoms with Gasteiger partial charge in [0.2, 0.25) is 5.91 Å². The molecule has 2 aromatic rings. The van der Waals surface area contributed by atoms with Gasteiger partial charge in [-0.25, -0.2) is 4.39 Å². The van der Waals surface area contributed by atoms with E-state index < -0.39 is 0 Å². The summed E-state index contributed by atoms with van der Waals surface area (Å²) >= 11 is 6.48. The van der Waals surface area contributed by atoms with Crippen molar-refractivity contribution < 1.29 is 9.18 Å². The van der Waals surface area contributed by atoms with Crippen LogP contribution in [0.3, 0.4) is 0 Å². The lowest BCUT2D eigenvalue weighted by Crippen LogP contribution is -2.49. The van der Waals surface area contributed by atoms with Crippen LogP contribution in [0.5, 0.6) is 0 Å². The second kappa shape index (κ2) is 8.35. The highest BCUT2D eigenvalue weighted by Gasteiger charge is 2.25. The Labute approximate surface area is 170 Å². The van der Waals surface area contributed by atoms with Gasteiger partial charge in [-0.15, -0.1) is 0 Å². The fourth-order valence-electron chi connectivity index (χ4n) is 3.44. The Morgan fingerprint density at radius 1 is 1.21 bits per heavy atom. The van der Waals surface area contributed by atoms with Crippen LogP contribution in [0.15, 0.2) is 30.8 Å². The van der Waals surface area contributed by atoms with Crippen LogP contribution < -0.4 is 4.90 Å². The molecule has 5 nitrogen and oxygen atoms in total. The largest absolute Gasteiger partial charge is 0.368 e. The monoisotopic (exact) mass is 404 g/mol. The Hall–Kier alpha value is -2.34. The lowest BCUT2D eigenvalue weighted by molar-refractivity contribution is -0.132. The van der Waals surface area contributed by atoms with Gasteiger partial charge in [-0.3, -0.25) is 9.48 Å². The second-order valence-electron chi connectivity index (χ2n) is 7.48. The van der Waals surface area contributed by atoms with Crippen molar-refractivity contribution >= 4 is 28.8 Å². The van der Waals surface area contributed by atoms with Gasteiger partial charge in [0.15, 0.2) is 0 Å². The standard InChI is InChI=1S/C21H26ClFN4O/c1-14(2)20-19(22)21(15(3)4)27(24-20)13-18(28)26-11-9-25(10-12-26)17-7-5-16(23)6-8-17/h5-8,14H,3,9-13H2,1-2,4H3. The van der Waals surface area contributed by atoms with E-state index >= 15 is 0 Å². The van der Waals surface area contributed by atoms with E-state index in [1.165, 1.54) is 12.1 Å². The number of amides is 1. The van der Waals surface area contributed by atoms with E-state index in [-0.39, 0.29) is 24.2 Å². The number of halogens is 2. The first-order chi connectivity index (χ1) is 13.3. The van der Waals surface area contributed by atoms with Crippen LogP contribution in [0.4, 0.5) is 10.1 Å². The zero-order valence-electron chi connectivity index (χ0n) is 16.6. The van der Waals surface area contributed by atoms with Crippen molar-refractivity contribution in [3.8, 4) is 0 Å². The smallest absolute Gasteiger partial charge is 0.244 e. The highest BCUT2D eigenvalue weighted by molar-refractivity contribution is 6.32. The van der Waals surface area contributed by atoms with Gasteiger partial charge in [-0.2, -0.15) is 5.10 Å². The number of hydrogen-bond acceptors (Lipinski definition) is 3. The van der Waals surface area contributed by atoms with Crippen molar-refractivity contribution in [2.75, 3.05) is 31.1 Å². The summed E-state index contributed by atoms with van der Waals surface area (Å²) in [4.78, 5) is 16.8. The first kappa shape index (κ1) is 20.4. The molecule has 1 fully saturated rings. The Morgan fingerprint density at radius 3 is 2.36 bits per heavy atom. The minimum Gasteiger partial charge on any atom is -0.368 e. The fourth-order valence-corrected chi connectivity index (χ4v) is 3.96. The molecule has 0 N–H and O–H groups in total. The maximum Gasteiger partial charge on any atom is 0.244 e. The number of piperazine rings is 1. The molecule has 2 heterocycles. The van der Waals surface area contributed by atoms with Gasteiger partial charge in [0.1, 0.15) is 12.4 Å². The molecule has 0 spiro atoms. The molecular formula is C21H26ClFN4O. The van der Waals surface area contributed by atoms with Crippen molar-refractivity contribution in [1.29, 1.82) is 0 Å². The summed E-state index contributed by atoms with van der Waals surface area (Å²) in [5.74, 6) is -0.0681. The molecule has 1 aliphatic rings. The maximum atomic E-state index is 13.1. The SMILES string of the molecule is C=C(C)c1c(Cl)c(C(C)C)nn1CC(=O)N1CCN(c2ccc(F)cc2)CC1. The number of carbonyl (C=O) groups is 1. The van der Waals surface area contributed by atoms with Gasteiger partial charge < -0.3 is 9.80 Å². The molecule has 1 aliphatic heterocycles.